The molecule has 0 aliphatic rings. The molecule has 10 aromatic rings. The first kappa shape index (κ1) is 30.5. The molecule has 0 bridgehead atoms. The van der Waals surface area contributed by atoms with Crippen LogP contribution in [0.3, 0.4) is 0 Å². The first-order valence-electron chi connectivity index (χ1n) is 17.7. The van der Waals surface area contributed by atoms with E-state index in [0.717, 1.165) is 44.4 Å². The van der Waals surface area contributed by atoms with E-state index in [1.807, 2.05) is 48.8 Å². The summed E-state index contributed by atoms with van der Waals surface area (Å²) in [5, 5.41) is 19.0. The van der Waals surface area contributed by atoms with Gasteiger partial charge in [-0.2, -0.15) is 5.26 Å². The average Bonchev–Trinajstić information content (AvgIpc) is 3.23. The number of nitrogens with zero attached hydrogens (tertiary/aromatic N) is 4. The number of hydrogen-bond donors (Lipinski definition) is 0. The highest BCUT2D eigenvalue weighted by molar-refractivity contribution is 6.23. The molecule has 0 aliphatic heterocycles. The van der Waals surface area contributed by atoms with Crippen LogP contribution in [0.15, 0.2) is 182 Å². The molecule has 8 aromatic carbocycles. The van der Waals surface area contributed by atoms with E-state index < -0.39 is 0 Å². The molecule has 4 heteroatoms. The van der Waals surface area contributed by atoms with E-state index in [1.54, 1.807) is 0 Å². The van der Waals surface area contributed by atoms with E-state index in [4.69, 9.17) is 9.97 Å². The first-order chi connectivity index (χ1) is 26.3. The van der Waals surface area contributed by atoms with Gasteiger partial charge in [0.2, 0.25) is 0 Å². The number of rotatable bonds is 5. The summed E-state index contributed by atoms with van der Waals surface area (Å²) < 4.78 is 0. The SMILES string of the molecule is N#Cc1ccc(N(c2ccc(-c3c4ccccc4c(-c4cccc5ccccc45)c4ccccc34)cc2)c2cc3cccnc3c3ncccc23)cc1. The van der Waals surface area contributed by atoms with Gasteiger partial charge in [0, 0.05) is 34.5 Å². The smallest absolute Gasteiger partial charge is 0.0991 e. The molecule has 2 aromatic heterocycles. The van der Waals surface area contributed by atoms with E-state index in [0.29, 0.717) is 5.56 Å². The van der Waals surface area contributed by atoms with Gasteiger partial charge in [-0.15, -0.1) is 0 Å². The molecule has 246 valence electrons. The number of benzene rings is 8. The Hall–Kier alpha value is -7.35. The molecular formula is C49H30N4. The third kappa shape index (κ3) is 4.98. The van der Waals surface area contributed by atoms with Crippen LogP contribution in [0, 0.1) is 11.3 Å². The van der Waals surface area contributed by atoms with Crippen molar-refractivity contribution in [1.29, 1.82) is 5.26 Å². The van der Waals surface area contributed by atoms with Gasteiger partial charge in [-0.25, -0.2) is 0 Å². The summed E-state index contributed by atoms with van der Waals surface area (Å²) in [5.41, 5.74) is 10.1. The predicted molar refractivity (Wildman–Crippen MR) is 220 cm³/mol. The van der Waals surface area contributed by atoms with Gasteiger partial charge in [-0.1, -0.05) is 109 Å². The third-order valence-electron chi connectivity index (χ3n) is 10.3. The Balaban J connectivity index is 1.19. The molecule has 0 fully saturated rings. The summed E-state index contributed by atoms with van der Waals surface area (Å²) in [4.78, 5) is 11.7. The largest absolute Gasteiger partial charge is 0.310 e. The van der Waals surface area contributed by atoms with Crippen LogP contribution in [-0.4, -0.2) is 9.97 Å². The summed E-state index contributed by atoms with van der Waals surface area (Å²) in [7, 11) is 0. The van der Waals surface area contributed by atoms with Crippen molar-refractivity contribution < 1.29 is 0 Å². The Bertz CT molecular complexity index is 3010. The molecule has 0 unspecified atom stereocenters. The molecule has 0 N–H and O–H groups in total. The second kappa shape index (κ2) is 12.5. The highest BCUT2D eigenvalue weighted by Crippen LogP contribution is 2.46. The van der Waals surface area contributed by atoms with Crippen molar-refractivity contribution in [1.82, 2.24) is 9.97 Å². The van der Waals surface area contributed by atoms with E-state index in [9.17, 15) is 5.26 Å². The summed E-state index contributed by atoms with van der Waals surface area (Å²) in [6.07, 6.45) is 3.64. The number of nitriles is 1. The van der Waals surface area contributed by atoms with Gasteiger partial charge in [0.15, 0.2) is 0 Å². The standard InChI is InChI=1S/C49H30N4/c50-31-32-20-24-36(25-21-32)53(45-30-35-12-8-28-51-48(35)49-44(45)19-9-29-52-49)37-26-22-34(23-27-37)46-40-14-3-5-16-42(40)47(43-17-6-4-15-41(43)46)39-18-7-11-33-10-1-2-13-38(33)39/h1-30H. The Kier molecular flexibility index (Phi) is 7.16. The number of anilines is 3. The van der Waals surface area contributed by atoms with Gasteiger partial charge in [0.1, 0.15) is 0 Å². The van der Waals surface area contributed by atoms with Crippen LogP contribution in [0.5, 0.6) is 0 Å². The lowest BCUT2D eigenvalue weighted by atomic mass is 9.85. The minimum atomic E-state index is 0.615. The van der Waals surface area contributed by atoms with Crippen molar-refractivity contribution in [2.24, 2.45) is 0 Å². The van der Waals surface area contributed by atoms with E-state index >= 15 is 0 Å². The molecule has 53 heavy (non-hydrogen) atoms. The molecule has 0 amide bonds. The molecule has 0 aliphatic carbocycles. The van der Waals surface area contributed by atoms with Gasteiger partial charge in [0.05, 0.1) is 28.4 Å². The van der Waals surface area contributed by atoms with Gasteiger partial charge >= 0.3 is 0 Å². The second-order valence-corrected chi connectivity index (χ2v) is 13.3. The fraction of sp³-hybridized carbons (Fsp3) is 0. The van der Waals surface area contributed by atoms with Crippen molar-refractivity contribution in [2.45, 2.75) is 0 Å². The van der Waals surface area contributed by atoms with Crippen LogP contribution < -0.4 is 4.90 Å². The molecule has 2 heterocycles. The molecule has 0 spiro atoms. The van der Waals surface area contributed by atoms with Gasteiger partial charge in [-0.3, -0.25) is 9.97 Å². The maximum atomic E-state index is 9.60. The normalized spacial score (nSPS) is 11.4. The Morgan fingerprint density at radius 1 is 0.434 bits per heavy atom. The van der Waals surface area contributed by atoms with Gasteiger partial charge in [0.25, 0.3) is 0 Å². The molecule has 0 radical (unpaired) electrons. The van der Waals surface area contributed by atoms with Crippen LogP contribution in [0.2, 0.25) is 0 Å². The first-order valence-corrected chi connectivity index (χ1v) is 17.7. The van der Waals surface area contributed by atoms with Crippen LogP contribution in [0.1, 0.15) is 5.56 Å². The van der Waals surface area contributed by atoms with E-state index in [1.165, 1.54) is 49.0 Å². The number of pyridine rings is 2. The molecule has 4 nitrogen and oxygen atoms in total. The molecule has 10 rings (SSSR count). The zero-order chi connectivity index (χ0) is 35.3. The Morgan fingerprint density at radius 2 is 0.962 bits per heavy atom. The zero-order valence-electron chi connectivity index (χ0n) is 28.6. The van der Waals surface area contributed by atoms with Crippen molar-refractivity contribution in [3.63, 3.8) is 0 Å². The van der Waals surface area contributed by atoms with Crippen molar-refractivity contribution >= 4 is 71.2 Å². The third-order valence-corrected chi connectivity index (χ3v) is 10.3. The van der Waals surface area contributed by atoms with Gasteiger partial charge in [-0.05, 0) is 115 Å². The fourth-order valence-corrected chi connectivity index (χ4v) is 8.01. The van der Waals surface area contributed by atoms with Crippen LogP contribution in [0.4, 0.5) is 17.1 Å². The molecular weight excluding hydrogens is 645 g/mol. The molecule has 0 saturated heterocycles. The number of aromatic nitrogens is 2. The van der Waals surface area contributed by atoms with Crippen LogP contribution in [0.25, 0.3) is 76.4 Å². The van der Waals surface area contributed by atoms with Crippen molar-refractivity contribution in [3.05, 3.63) is 188 Å². The van der Waals surface area contributed by atoms with Crippen LogP contribution in [-0.2, 0) is 0 Å². The highest BCUT2D eigenvalue weighted by atomic mass is 15.1. The Labute approximate surface area is 306 Å². The van der Waals surface area contributed by atoms with Gasteiger partial charge < -0.3 is 4.90 Å². The van der Waals surface area contributed by atoms with Crippen molar-refractivity contribution in [3.8, 4) is 28.3 Å². The number of fused-ring (bicyclic) bond motifs is 6. The maximum absolute atomic E-state index is 9.60. The summed E-state index contributed by atoms with van der Waals surface area (Å²) in [6.45, 7) is 0. The Morgan fingerprint density at radius 3 is 1.64 bits per heavy atom. The minimum Gasteiger partial charge on any atom is -0.310 e. The minimum absolute atomic E-state index is 0.615. The lowest BCUT2D eigenvalue weighted by Gasteiger charge is -2.27. The fourth-order valence-electron chi connectivity index (χ4n) is 8.01. The van der Waals surface area contributed by atoms with E-state index in [-0.39, 0.29) is 0 Å². The van der Waals surface area contributed by atoms with Crippen LogP contribution >= 0.6 is 0 Å². The predicted octanol–water partition coefficient (Wildman–Crippen LogP) is 12.9. The average molecular weight is 675 g/mol. The summed E-state index contributed by atoms with van der Waals surface area (Å²) >= 11 is 0. The molecule has 0 atom stereocenters. The monoisotopic (exact) mass is 674 g/mol. The quantitative estimate of drug-likeness (QED) is 0.135. The maximum Gasteiger partial charge on any atom is 0.0991 e. The topological polar surface area (TPSA) is 52.8 Å². The lowest BCUT2D eigenvalue weighted by Crippen LogP contribution is -2.11. The second-order valence-electron chi connectivity index (χ2n) is 13.3. The molecule has 0 saturated carbocycles. The van der Waals surface area contributed by atoms with E-state index in [2.05, 4.69) is 144 Å². The highest BCUT2D eigenvalue weighted by Gasteiger charge is 2.21. The summed E-state index contributed by atoms with van der Waals surface area (Å²) in [6, 6.07) is 62.1. The zero-order valence-corrected chi connectivity index (χ0v) is 28.6. The van der Waals surface area contributed by atoms with Crippen molar-refractivity contribution in [2.75, 3.05) is 4.90 Å². The number of hydrogen-bond acceptors (Lipinski definition) is 4. The summed E-state index contributed by atoms with van der Waals surface area (Å²) in [5.74, 6) is 0. The lowest BCUT2D eigenvalue weighted by molar-refractivity contribution is 1.29.